The van der Waals surface area contributed by atoms with Crippen molar-refractivity contribution in [1.82, 2.24) is 19.7 Å². The summed E-state index contributed by atoms with van der Waals surface area (Å²) in [5, 5.41) is 13.8. The van der Waals surface area contributed by atoms with Crippen LogP contribution in [-0.2, 0) is 6.54 Å². The Morgan fingerprint density at radius 1 is 1.10 bits per heavy atom. The Bertz CT molecular complexity index is 1200. The number of rotatable bonds is 8. The Balaban J connectivity index is 1.56. The number of ether oxygens (including phenoxy) is 2. The van der Waals surface area contributed by atoms with Crippen LogP contribution in [0.2, 0.25) is 0 Å². The summed E-state index contributed by atoms with van der Waals surface area (Å²) in [5.41, 5.74) is 6.39. The van der Waals surface area contributed by atoms with Crippen LogP contribution in [0.1, 0.15) is 25.8 Å². The van der Waals surface area contributed by atoms with E-state index in [9.17, 15) is 0 Å². The van der Waals surface area contributed by atoms with E-state index in [1.54, 1.807) is 13.3 Å². The number of benzene rings is 2. The zero-order chi connectivity index (χ0) is 20.9. The molecule has 0 radical (unpaired) electrons. The van der Waals surface area contributed by atoms with E-state index in [1.165, 1.54) is 0 Å². The number of hydrogen-bond donors (Lipinski definition) is 1. The van der Waals surface area contributed by atoms with Gasteiger partial charge < -0.3 is 14.0 Å². The fraction of sp³-hybridized carbons (Fsp3) is 0.273. The third-order valence-corrected chi connectivity index (χ3v) is 4.72. The third kappa shape index (κ3) is 3.76. The van der Waals surface area contributed by atoms with Gasteiger partial charge in [0, 0.05) is 11.9 Å². The summed E-state index contributed by atoms with van der Waals surface area (Å²) in [6, 6.07) is 13.8. The largest absolute Gasteiger partial charge is 0.493 e. The summed E-state index contributed by atoms with van der Waals surface area (Å²) < 4.78 is 13.2. The average Bonchev–Trinajstić information content (AvgIpc) is 3.11. The van der Waals surface area contributed by atoms with Crippen molar-refractivity contribution in [1.29, 1.82) is 0 Å². The first kappa shape index (κ1) is 19.6. The number of para-hydroxylation sites is 1. The standard InChI is InChI=1S/C22H24N6O2/c1-4-12-30-18-11-10-15(13-19(18)29-3)14-23-26-22-24-21-20(25-27-22)16-8-6-7-9-17(16)28(21)5-2/h6-11,13-14H,4-5,12H2,1-3H3,(H,24,26,27)/b23-14+. The van der Waals surface area contributed by atoms with E-state index in [4.69, 9.17) is 9.47 Å². The molecule has 0 bridgehead atoms. The van der Waals surface area contributed by atoms with Crippen LogP contribution in [-0.4, -0.2) is 39.7 Å². The fourth-order valence-corrected chi connectivity index (χ4v) is 3.33. The van der Waals surface area contributed by atoms with Crippen molar-refractivity contribution in [2.45, 2.75) is 26.8 Å². The molecule has 2 aromatic heterocycles. The minimum atomic E-state index is 0.339. The van der Waals surface area contributed by atoms with E-state index < -0.39 is 0 Å². The monoisotopic (exact) mass is 404 g/mol. The van der Waals surface area contributed by atoms with Crippen LogP contribution in [0.25, 0.3) is 22.1 Å². The third-order valence-electron chi connectivity index (χ3n) is 4.72. The number of nitrogens with zero attached hydrogens (tertiary/aromatic N) is 5. The highest BCUT2D eigenvalue weighted by molar-refractivity contribution is 6.04. The molecule has 0 atom stereocenters. The van der Waals surface area contributed by atoms with Crippen molar-refractivity contribution in [2.24, 2.45) is 5.10 Å². The fourth-order valence-electron chi connectivity index (χ4n) is 3.33. The highest BCUT2D eigenvalue weighted by Gasteiger charge is 2.13. The average molecular weight is 404 g/mol. The molecule has 0 aliphatic heterocycles. The first-order valence-electron chi connectivity index (χ1n) is 9.96. The summed E-state index contributed by atoms with van der Waals surface area (Å²) in [6.45, 7) is 5.58. The smallest absolute Gasteiger partial charge is 0.265 e. The van der Waals surface area contributed by atoms with Gasteiger partial charge in [-0.15, -0.1) is 10.2 Å². The van der Waals surface area contributed by atoms with E-state index in [-0.39, 0.29) is 0 Å². The van der Waals surface area contributed by atoms with Gasteiger partial charge in [-0.05, 0) is 43.2 Å². The molecule has 0 unspecified atom stereocenters. The predicted molar refractivity (Wildman–Crippen MR) is 118 cm³/mol. The zero-order valence-corrected chi connectivity index (χ0v) is 17.3. The lowest BCUT2D eigenvalue weighted by molar-refractivity contribution is 0.294. The van der Waals surface area contributed by atoms with E-state index >= 15 is 0 Å². The molecule has 8 nitrogen and oxygen atoms in total. The minimum Gasteiger partial charge on any atom is -0.493 e. The molecule has 0 aliphatic rings. The molecule has 154 valence electrons. The Labute approximate surface area is 174 Å². The molecule has 0 saturated heterocycles. The Kier molecular flexibility index (Phi) is 5.74. The molecule has 0 aliphatic carbocycles. The Hall–Kier alpha value is -3.68. The summed E-state index contributed by atoms with van der Waals surface area (Å²) in [7, 11) is 1.62. The van der Waals surface area contributed by atoms with Crippen LogP contribution in [0, 0.1) is 0 Å². The lowest BCUT2D eigenvalue weighted by atomic mass is 10.2. The molecular weight excluding hydrogens is 380 g/mol. The maximum absolute atomic E-state index is 5.68. The molecule has 30 heavy (non-hydrogen) atoms. The maximum atomic E-state index is 5.68. The van der Waals surface area contributed by atoms with Crippen molar-refractivity contribution >= 4 is 34.2 Å². The van der Waals surface area contributed by atoms with E-state index in [0.29, 0.717) is 18.3 Å². The quantitative estimate of drug-likeness (QED) is 0.349. The predicted octanol–water partition coefficient (Wildman–Crippen LogP) is 4.24. The summed E-state index contributed by atoms with van der Waals surface area (Å²) in [6.07, 6.45) is 2.61. The molecule has 2 heterocycles. The second-order valence-corrected chi connectivity index (χ2v) is 6.70. The molecule has 4 aromatic rings. The van der Waals surface area contributed by atoms with E-state index in [2.05, 4.69) is 50.2 Å². The van der Waals surface area contributed by atoms with Crippen LogP contribution >= 0.6 is 0 Å². The zero-order valence-electron chi connectivity index (χ0n) is 17.3. The molecule has 8 heteroatoms. The topological polar surface area (TPSA) is 86.5 Å². The molecular formula is C22H24N6O2. The van der Waals surface area contributed by atoms with Crippen molar-refractivity contribution < 1.29 is 9.47 Å². The number of anilines is 1. The van der Waals surface area contributed by atoms with E-state index in [1.807, 2.05) is 36.4 Å². The van der Waals surface area contributed by atoms with Gasteiger partial charge in [0.05, 0.1) is 25.4 Å². The Morgan fingerprint density at radius 2 is 1.97 bits per heavy atom. The van der Waals surface area contributed by atoms with Gasteiger partial charge in [0.15, 0.2) is 17.1 Å². The van der Waals surface area contributed by atoms with Crippen LogP contribution in [0.3, 0.4) is 0 Å². The van der Waals surface area contributed by atoms with Gasteiger partial charge in [0.2, 0.25) is 0 Å². The highest BCUT2D eigenvalue weighted by Crippen LogP contribution is 2.28. The van der Waals surface area contributed by atoms with E-state index in [0.717, 1.165) is 46.3 Å². The number of nitrogens with one attached hydrogen (secondary N) is 1. The maximum Gasteiger partial charge on any atom is 0.265 e. The SMILES string of the molecule is CCCOc1ccc(/C=N/Nc2nnc3c4ccccc4n(CC)c3n2)cc1OC. The van der Waals surface area contributed by atoms with Gasteiger partial charge in [-0.1, -0.05) is 25.1 Å². The van der Waals surface area contributed by atoms with Crippen LogP contribution in [0.4, 0.5) is 5.95 Å². The number of aromatic nitrogens is 4. The number of fused-ring (bicyclic) bond motifs is 3. The Morgan fingerprint density at radius 3 is 2.77 bits per heavy atom. The van der Waals surface area contributed by atoms with Crippen molar-refractivity contribution in [3.05, 3.63) is 48.0 Å². The van der Waals surface area contributed by atoms with Crippen molar-refractivity contribution in [3.8, 4) is 11.5 Å². The highest BCUT2D eigenvalue weighted by atomic mass is 16.5. The summed E-state index contributed by atoms with van der Waals surface area (Å²) in [4.78, 5) is 4.62. The molecule has 0 fully saturated rings. The van der Waals surface area contributed by atoms with Gasteiger partial charge in [0.1, 0.15) is 5.52 Å². The van der Waals surface area contributed by atoms with Crippen LogP contribution in [0.5, 0.6) is 11.5 Å². The lowest BCUT2D eigenvalue weighted by Gasteiger charge is -2.10. The van der Waals surface area contributed by atoms with Gasteiger partial charge in [-0.25, -0.2) is 5.43 Å². The second kappa shape index (κ2) is 8.77. The molecule has 0 amide bonds. The molecule has 2 aromatic carbocycles. The number of hydrazone groups is 1. The molecule has 1 N–H and O–H groups in total. The summed E-state index contributed by atoms with van der Waals surface area (Å²) in [5.74, 6) is 1.72. The normalized spacial score (nSPS) is 11.4. The number of aryl methyl sites for hydroxylation is 1. The lowest BCUT2D eigenvalue weighted by Crippen LogP contribution is -2.02. The van der Waals surface area contributed by atoms with Crippen molar-refractivity contribution in [2.75, 3.05) is 19.1 Å². The molecule has 0 spiro atoms. The molecule has 0 saturated carbocycles. The first-order valence-corrected chi connectivity index (χ1v) is 9.96. The van der Waals surface area contributed by atoms with Crippen molar-refractivity contribution in [3.63, 3.8) is 0 Å². The van der Waals surface area contributed by atoms with Gasteiger partial charge in [-0.2, -0.15) is 10.1 Å². The molecule has 4 rings (SSSR count). The van der Waals surface area contributed by atoms with Crippen LogP contribution < -0.4 is 14.9 Å². The van der Waals surface area contributed by atoms with Gasteiger partial charge in [0.25, 0.3) is 5.95 Å². The minimum absolute atomic E-state index is 0.339. The second-order valence-electron chi connectivity index (χ2n) is 6.70. The number of hydrogen-bond acceptors (Lipinski definition) is 7. The van der Waals surface area contributed by atoms with Crippen LogP contribution in [0.15, 0.2) is 47.6 Å². The van der Waals surface area contributed by atoms with Gasteiger partial charge >= 0.3 is 0 Å². The first-order chi connectivity index (χ1) is 14.7. The number of methoxy groups -OCH3 is 1. The summed E-state index contributed by atoms with van der Waals surface area (Å²) >= 11 is 0. The van der Waals surface area contributed by atoms with Gasteiger partial charge in [-0.3, -0.25) is 0 Å².